The molecule has 210 valence electrons. The lowest BCUT2D eigenvalue weighted by Gasteiger charge is -2.16. The molecular weight excluding hydrogens is 548 g/mol. The van der Waals surface area contributed by atoms with Gasteiger partial charge in [0.05, 0.1) is 28.8 Å². The maximum Gasteiger partial charge on any atom is 0.267 e. The van der Waals surface area contributed by atoms with Crippen molar-refractivity contribution in [3.63, 3.8) is 0 Å². The highest BCUT2D eigenvalue weighted by Gasteiger charge is 2.24. The number of thiophene rings is 1. The summed E-state index contributed by atoms with van der Waals surface area (Å²) in [4.78, 5) is 47.3. The first-order valence-electron chi connectivity index (χ1n) is 13.6. The van der Waals surface area contributed by atoms with E-state index in [2.05, 4.69) is 25.9 Å². The number of fused-ring (bicyclic) bond motifs is 1. The van der Waals surface area contributed by atoms with Crippen molar-refractivity contribution in [2.24, 2.45) is 0 Å². The van der Waals surface area contributed by atoms with Gasteiger partial charge in [-0.25, -0.2) is 4.98 Å². The zero-order chi connectivity index (χ0) is 29.1. The standard InChI is InChI=1S/C32H28N6O3S/c1-20-7-8-22(17-24(20)27-28(30(40)29(27)39)35-11-4-14-38-15-13-33-19-38)37-32(41)31-26(10-16-42-31)36-18-21-9-12-34-25-6-3-2-5-23(21)25/h2-3,5-10,12-13,15-17,19,35-36H,4,11,14,18H2,1H3,(H,37,41). The number of carbonyl (C=O) groups is 1. The third kappa shape index (κ3) is 5.44. The summed E-state index contributed by atoms with van der Waals surface area (Å²) in [7, 11) is 0. The molecule has 10 heteroatoms. The summed E-state index contributed by atoms with van der Waals surface area (Å²) in [6.07, 6.45) is 7.89. The Bertz CT molecular complexity index is 1950. The minimum absolute atomic E-state index is 0.260. The van der Waals surface area contributed by atoms with Crippen molar-refractivity contribution < 1.29 is 4.79 Å². The third-order valence-electron chi connectivity index (χ3n) is 7.21. The molecule has 3 N–H and O–H groups in total. The molecule has 0 atom stereocenters. The molecule has 0 aliphatic carbocycles. The summed E-state index contributed by atoms with van der Waals surface area (Å²) >= 11 is 1.35. The summed E-state index contributed by atoms with van der Waals surface area (Å²) in [5.41, 5.74) is 4.39. The Morgan fingerprint density at radius 2 is 1.88 bits per heavy atom. The molecule has 0 unspecified atom stereocenters. The quantitative estimate of drug-likeness (QED) is 0.139. The molecular formula is C32H28N6O3S. The third-order valence-corrected chi connectivity index (χ3v) is 8.12. The Morgan fingerprint density at radius 1 is 1.00 bits per heavy atom. The van der Waals surface area contributed by atoms with Crippen LogP contribution in [-0.2, 0) is 13.1 Å². The number of carbonyl (C=O) groups excluding carboxylic acids is 1. The smallest absolute Gasteiger partial charge is 0.267 e. The first kappa shape index (κ1) is 27.1. The van der Waals surface area contributed by atoms with Crippen LogP contribution in [0.5, 0.6) is 0 Å². The monoisotopic (exact) mass is 576 g/mol. The van der Waals surface area contributed by atoms with Gasteiger partial charge in [0.2, 0.25) is 10.9 Å². The molecule has 3 aromatic carbocycles. The van der Waals surface area contributed by atoms with Gasteiger partial charge in [0, 0.05) is 49.3 Å². The van der Waals surface area contributed by atoms with Gasteiger partial charge in [0.25, 0.3) is 5.91 Å². The van der Waals surface area contributed by atoms with E-state index in [0.717, 1.165) is 40.7 Å². The molecule has 3 heterocycles. The average molecular weight is 577 g/mol. The zero-order valence-electron chi connectivity index (χ0n) is 22.9. The molecule has 0 radical (unpaired) electrons. The van der Waals surface area contributed by atoms with Crippen LogP contribution in [0.15, 0.2) is 94.5 Å². The van der Waals surface area contributed by atoms with Crippen LogP contribution < -0.4 is 26.8 Å². The van der Waals surface area contributed by atoms with Crippen LogP contribution in [0.25, 0.3) is 22.0 Å². The number of aromatic nitrogens is 3. The van der Waals surface area contributed by atoms with Crippen LogP contribution in [0.4, 0.5) is 17.1 Å². The lowest BCUT2D eigenvalue weighted by Crippen LogP contribution is -2.36. The molecule has 6 aromatic rings. The van der Waals surface area contributed by atoms with Gasteiger partial charge in [-0.05, 0) is 65.7 Å². The molecule has 0 bridgehead atoms. The Labute approximate surface area is 245 Å². The molecule has 3 aromatic heterocycles. The topological polar surface area (TPSA) is 118 Å². The number of amides is 1. The van der Waals surface area contributed by atoms with E-state index in [1.807, 2.05) is 65.5 Å². The number of nitrogens with zero attached hydrogens (tertiary/aromatic N) is 3. The number of aryl methyl sites for hydroxylation is 2. The number of hydrogen-bond donors (Lipinski definition) is 3. The van der Waals surface area contributed by atoms with Gasteiger partial charge in [-0.15, -0.1) is 11.3 Å². The SMILES string of the molecule is Cc1ccc(NC(=O)c2sccc2NCc2ccnc3ccccc23)cc1-c1c(NCCCn2ccnc2)c(=O)c1=O. The Hall–Kier alpha value is -5.09. The highest BCUT2D eigenvalue weighted by molar-refractivity contribution is 7.12. The van der Waals surface area contributed by atoms with Crippen LogP contribution in [0.3, 0.4) is 0 Å². The van der Waals surface area contributed by atoms with Gasteiger partial charge in [0.1, 0.15) is 4.88 Å². The van der Waals surface area contributed by atoms with Crippen LogP contribution >= 0.6 is 11.3 Å². The van der Waals surface area contributed by atoms with Crippen molar-refractivity contribution in [1.82, 2.24) is 14.5 Å². The normalized spacial score (nSPS) is 11.2. The number of benzene rings is 2. The minimum atomic E-state index is -0.521. The van der Waals surface area contributed by atoms with Gasteiger partial charge in [-0.3, -0.25) is 19.4 Å². The van der Waals surface area contributed by atoms with Crippen molar-refractivity contribution in [2.45, 2.75) is 26.4 Å². The predicted octanol–water partition coefficient (Wildman–Crippen LogP) is 5.43. The van der Waals surface area contributed by atoms with Crippen molar-refractivity contribution in [1.29, 1.82) is 0 Å². The number of rotatable bonds is 11. The van der Waals surface area contributed by atoms with Gasteiger partial charge >= 0.3 is 0 Å². The molecule has 0 spiro atoms. The lowest BCUT2D eigenvalue weighted by atomic mass is 9.94. The minimum Gasteiger partial charge on any atom is -0.381 e. The Morgan fingerprint density at radius 3 is 2.74 bits per heavy atom. The van der Waals surface area contributed by atoms with E-state index in [4.69, 9.17) is 0 Å². The lowest BCUT2D eigenvalue weighted by molar-refractivity contribution is 0.103. The zero-order valence-corrected chi connectivity index (χ0v) is 23.7. The van der Waals surface area contributed by atoms with E-state index >= 15 is 0 Å². The first-order valence-corrected chi connectivity index (χ1v) is 14.5. The van der Waals surface area contributed by atoms with Gasteiger partial charge < -0.3 is 20.5 Å². The van der Waals surface area contributed by atoms with E-state index in [1.54, 1.807) is 30.9 Å². The molecule has 0 fully saturated rings. The van der Waals surface area contributed by atoms with E-state index in [1.165, 1.54) is 11.3 Å². The molecule has 1 amide bonds. The van der Waals surface area contributed by atoms with Crippen molar-refractivity contribution >= 4 is 45.2 Å². The van der Waals surface area contributed by atoms with E-state index in [0.29, 0.717) is 40.5 Å². The molecule has 0 aliphatic heterocycles. The Kier molecular flexibility index (Phi) is 7.61. The first-order chi connectivity index (χ1) is 20.5. The predicted molar refractivity (Wildman–Crippen MR) is 168 cm³/mol. The van der Waals surface area contributed by atoms with Gasteiger partial charge in [-0.2, -0.15) is 0 Å². The molecule has 42 heavy (non-hydrogen) atoms. The molecule has 0 saturated heterocycles. The number of para-hydroxylation sites is 1. The molecule has 6 rings (SSSR count). The largest absolute Gasteiger partial charge is 0.381 e. The number of imidazole rings is 1. The summed E-state index contributed by atoms with van der Waals surface area (Å²) < 4.78 is 1.96. The van der Waals surface area contributed by atoms with Crippen LogP contribution in [0.1, 0.15) is 27.2 Å². The molecule has 9 nitrogen and oxygen atoms in total. The Balaban J connectivity index is 1.15. The number of pyridine rings is 1. The van der Waals surface area contributed by atoms with Gasteiger partial charge in [-0.1, -0.05) is 24.3 Å². The van der Waals surface area contributed by atoms with E-state index < -0.39 is 10.9 Å². The number of hydrogen-bond acceptors (Lipinski definition) is 8. The highest BCUT2D eigenvalue weighted by atomic mass is 32.1. The molecule has 0 aliphatic rings. The van der Waals surface area contributed by atoms with Crippen molar-refractivity contribution in [3.05, 3.63) is 121 Å². The second kappa shape index (κ2) is 11.8. The average Bonchev–Trinajstić information content (AvgIpc) is 3.71. The van der Waals surface area contributed by atoms with Crippen molar-refractivity contribution in [2.75, 3.05) is 22.5 Å². The maximum atomic E-state index is 13.3. The fraction of sp³-hybridized carbons (Fsp3) is 0.156. The second-order valence-electron chi connectivity index (χ2n) is 9.98. The number of nitrogens with one attached hydrogen (secondary N) is 3. The highest BCUT2D eigenvalue weighted by Crippen LogP contribution is 2.31. The molecule has 0 saturated carbocycles. The van der Waals surface area contributed by atoms with Crippen molar-refractivity contribution in [3.8, 4) is 11.1 Å². The summed E-state index contributed by atoms with van der Waals surface area (Å²) in [6, 6.07) is 17.2. The summed E-state index contributed by atoms with van der Waals surface area (Å²) in [5.74, 6) is -0.260. The maximum absolute atomic E-state index is 13.3. The second-order valence-corrected chi connectivity index (χ2v) is 10.9. The summed E-state index contributed by atoms with van der Waals surface area (Å²) in [5, 5.41) is 12.4. The van der Waals surface area contributed by atoms with Crippen LogP contribution in [0.2, 0.25) is 0 Å². The fourth-order valence-corrected chi connectivity index (χ4v) is 5.76. The fourth-order valence-electron chi connectivity index (χ4n) is 4.99. The van der Waals surface area contributed by atoms with Crippen LogP contribution in [0, 0.1) is 6.92 Å². The van der Waals surface area contributed by atoms with Crippen LogP contribution in [-0.4, -0.2) is 27.0 Å². The van der Waals surface area contributed by atoms with E-state index in [-0.39, 0.29) is 5.91 Å². The van der Waals surface area contributed by atoms with Gasteiger partial charge in [0.15, 0.2) is 0 Å². The summed E-state index contributed by atoms with van der Waals surface area (Å²) in [6.45, 7) is 3.70. The van der Waals surface area contributed by atoms with E-state index in [9.17, 15) is 14.4 Å². The number of anilines is 3.